The maximum Gasteiger partial charge on any atom is 0.363 e. The van der Waals surface area contributed by atoms with E-state index in [9.17, 15) is 4.79 Å². The van der Waals surface area contributed by atoms with Crippen molar-refractivity contribution in [3.8, 4) is 0 Å². The molecule has 1 aromatic heterocycles. The molecule has 60 valence electrons. The fourth-order valence-electron chi connectivity index (χ4n) is 0.843. The number of esters is 1. The van der Waals surface area contributed by atoms with Crippen molar-refractivity contribution in [2.45, 2.75) is 0 Å². The van der Waals surface area contributed by atoms with Gasteiger partial charge in [0.15, 0.2) is 0 Å². The first kappa shape index (κ1) is 7.24. The smallest absolute Gasteiger partial charge is 0.363 e. The normalized spacial score (nSPS) is 16.2. The highest BCUT2D eigenvalue weighted by molar-refractivity contribution is 7.12. The molecule has 0 bridgehead atoms. The molecule has 0 radical (unpaired) electrons. The Kier molecular flexibility index (Phi) is 1.55. The van der Waals surface area contributed by atoms with Crippen LogP contribution in [0.1, 0.15) is 4.88 Å². The van der Waals surface area contributed by atoms with Crippen LogP contribution in [0.2, 0.25) is 0 Å². The van der Waals surface area contributed by atoms with E-state index >= 15 is 0 Å². The van der Waals surface area contributed by atoms with Crippen LogP contribution in [0.15, 0.2) is 34.8 Å². The number of hydrogen-bond acceptors (Lipinski definition) is 4. The molecular weight excluding hydrogens is 174 g/mol. The molecule has 12 heavy (non-hydrogen) atoms. The zero-order chi connectivity index (χ0) is 8.55. The molecule has 2 heterocycles. The lowest BCUT2D eigenvalue weighted by molar-refractivity contribution is -0.129. The van der Waals surface area contributed by atoms with Crippen molar-refractivity contribution < 1.29 is 9.53 Å². The van der Waals surface area contributed by atoms with Gasteiger partial charge in [0, 0.05) is 0 Å². The summed E-state index contributed by atoms with van der Waals surface area (Å²) in [5.41, 5.74) is 0.165. The summed E-state index contributed by atoms with van der Waals surface area (Å²) in [6, 6.07) is 3.72. The van der Waals surface area contributed by atoms with E-state index in [4.69, 9.17) is 4.74 Å². The highest BCUT2D eigenvalue weighted by Crippen LogP contribution is 2.17. The van der Waals surface area contributed by atoms with E-state index in [2.05, 4.69) is 11.6 Å². The van der Waals surface area contributed by atoms with Crippen LogP contribution in [0.25, 0.3) is 0 Å². The molecule has 1 aliphatic rings. The highest BCUT2D eigenvalue weighted by Gasteiger charge is 2.22. The Labute approximate surface area is 73.0 Å². The Hall–Kier alpha value is -1.42. The quantitative estimate of drug-likeness (QED) is 0.484. The maximum atomic E-state index is 10.8. The SMILES string of the molecule is C=C1N=C(c2cccs2)OC1=O. The number of carbonyl (C=O) groups excluding carboxylic acids is 1. The zero-order valence-electron chi connectivity index (χ0n) is 6.11. The molecule has 0 fully saturated rings. The second kappa shape index (κ2) is 2.57. The minimum absolute atomic E-state index is 0.165. The summed E-state index contributed by atoms with van der Waals surface area (Å²) >= 11 is 1.48. The van der Waals surface area contributed by atoms with E-state index in [1.807, 2.05) is 17.5 Å². The number of thiophene rings is 1. The maximum absolute atomic E-state index is 10.8. The predicted molar refractivity (Wildman–Crippen MR) is 46.1 cm³/mol. The molecular formula is C8H5NO2S. The molecule has 0 aliphatic carbocycles. The van der Waals surface area contributed by atoms with Gasteiger partial charge in [0.1, 0.15) is 5.70 Å². The van der Waals surface area contributed by atoms with E-state index in [0.29, 0.717) is 5.90 Å². The molecule has 0 N–H and O–H groups in total. The summed E-state index contributed by atoms with van der Waals surface area (Å²) in [4.78, 5) is 15.6. The molecule has 0 saturated heterocycles. The standard InChI is InChI=1S/C8H5NO2S/c1-5-8(10)11-7(9-5)6-3-2-4-12-6/h2-4H,1H2. The summed E-state index contributed by atoms with van der Waals surface area (Å²) in [5.74, 6) is -0.0987. The van der Waals surface area contributed by atoms with Gasteiger partial charge in [0.25, 0.3) is 0 Å². The molecule has 0 spiro atoms. The van der Waals surface area contributed by atoms with E-state index in [-0.39, 0.29) is 5.70 Å². The summed E-state index contributed by atoms with van der Waals surface area (Å²) in [6.07, 6.45) is 0. The number of ether oxygens (including phenoxy) is 1. The molecule has 1 aliphatic heterocycles. The fraction of sp³-hybridized carbons (Fsp3) is 0. The molecule has 4 heteroatoms. The van der Waals surface area contributed by atoms with Crippen LogP contribution in [0, 0.1) is 0 Å². The van der Waals surface area contributed by atoms with Gasteiger partial charge in [-0.15, -0.1) is 11.3 Å². The molecule has 0 atom stereocenters. The average Bonchev–Trinajstić information content (AvgIpc) is 2.61. The fourth-order valence-corrected chi connectivity index (χ4v) is 1.49. The molecule has 0 unspecified atom stereocenters. The van der Waals surface area contributed by atoms with Gasteiger partial charge < -0.3 is 4.74 Å². The van der Waals surface area contributed by atoms with Crippen molar-refractivity contribution in [3.63, 3.8) is 0 Å². The lowest BCUT2D eigenvalue weighted by Crippen LogP contribution is -2.02. The molecule has 0 aromatic carbocycles. The van der Waals surface area contributed by atoms with Crippen molar-refractivity contribution in [2.24, 2.45) is 4.99 Å². The first-order chi connectivity index (χ1) is 5.77. The first-order valence-electron chi connectivity index (χ1n) is 3.31. The van der Waals surface area contributed by atoms with Gasteiger partial charge in [-0.3, -0.25) is 0 Å². The van der Waals surface area contributed by atoms with Gasteiger partial charge in [0.05, 0.1) is 4.88 Å². The Morgan fingerprint density at radius 2 is 2.42 bits per heavy atom. The van der Waals surface area contributed by atoms with Gasteiger partial charge in [-0.05, 0) is 11.4 Å². The molecule has 0 amide bonds. The van der Waals surface area contributed by atoms with Crippen LogP contribution >= 0.6 is 11.3 Å². The van der Waals surface area contributed by atoms with Gasteiger partial charge in [-0.1, -0.05) is 12.6 Å². The largest absolute Gasteiger partial charge is 0.401 e. The van der Waals surface area contributed by atoms with Crippen molar-refractivity contribution in [2.75, 3.05) is 0 Å². The van der Waals surface area contributed by atoms with Crippen molar-refractivity contribution in [1.82, 2.24) is 0 Å². The topological polar surface area (TPSA) is 38.7 Å². The number of carbonyl (C=O) groups is 1. The number of cyclic esters (lactones) is 1. The number of rotatable bonds is 1. The predicted octanol–water partition coefficient (Wildman–Crippen LogP) is 1.57. The third-order valence-corrected chi connectivity index (χ3v) is 2.25. The minimum atomic E-state index is -0.460. The highest BCUT2D eigenvalue weighted by atomic mass is 32.1. The molecule has 3 nitrogen and oxygen atoms in total. The van der Waals surface area contributed by atoms with Crippen LogP contribution in [-0.4, -0.2) is 11.9 Å². The summed E-state index contributed by atoms with van der Waals surface area (Å²) < 4.78 is 4.84. The second-order valence-electron chi connectivity index (χ2n) is 2.23. The van der Waals surface area contributed by atoms with E-state index < -0.39 is 5.97 Å². The Morgan fingerprint density at radius 3 is 2.92 bits per heavy atom. The third kappa shape index (κ3) is 1.06. The monoisotopic (exact) mass is 179 g/mol. The molecule has 2 rings (SSSR count). The lowest BCUT2D eigenvalue weighted by atomic mass is 10.5. The zero-order valence-corrected chi connectivity index (χ0v) is 6.93. The Balaban J connectivity index is 2.35. The van der Waals surface area contributed by atoms with Crippen LogP contribution < -0.4 is 0 Å². The molecule has 0 saturated carbocycles. The summed E-state index contributed by atoms with van der Waals surface area (Å²) in [5, 5.41) is 1.90. The van der Waals surface area contributed by atoms with Crippen molar-refractivity contribution in [3.05, 3.63) is 34.7 Å². The van der Waals surface area contributed by atoms with E-state index in [0.717, 1.165) is 4.88 Å². The minimum Gasteiger partial charge on any atom is -0.401 e. The summed E-state index contributed by atoms with van der Waals surface area (Å²) in [7, 11) is 0. The van der Waals surface area contributed by atoms with Gasteiger partial charge >= 0.3 is 5.97 Å². The number of nitrogens with zero attached hydrogens (tertiary/aromatic N) is 1. The van der Waals surface area contributed by atoms with Gasteiger partial charge in [-0.25, -0.2) is 9.79 Å². The van der Waals surface area contributed by atoms with Crippen molar-refractivity contribution in [1.29, 1.82) is 0 Å². The first-order valence-corrected chi connectivity index (χ1v) is 4.19. The Morgan fingerprint density at radius 1 is 1.58 bits per heavy atom. The Bertz CT molecular complexity index is 364. The average molecular weight is 179 g/mol. The van der Waals surface area contributed by atoms with Crippen LogP contribution in [0.5, 0.6) is 0 Å². The summed E-state index contributed by atoms with van der Waals surface area (Å²) in [6.45, 7) is 3.44. The third-order valence-electron chi connectivity index (χ3n) is 1.39. The van der Waals surface area contributed by atoms with Crippen molar-refractivity contribution >= 4 is 23.2 Å². The lowest BCUT2D eigenvalue weighted by Gasteiger charge is -1.92. The van der Waals surface area contributed by atoms with E-state index in [1.54, 1.807) is 0 Å². The molecule has 1 aromatic rings. The van der Waals surface area contributed by atoms with Crippen LogP contribution in [-0.2, 0) is 9.53 Å². The number of hydrogen-bond donors (Lipinski definition) is 0. The number of aliphatic imine (C=N–C) groups is 1. The van der Waals surface area contributed by atoms with Gasteiger partial charge in [-0.2, -0.15) is 0 Å². The van der Waals surface area contributed by atoms with E-state index in [1.165, 1.54) is 11.3 Å². The second-order valence-corrected chi connectivity index (χ2v) is 3.18. The van der Waals surface area contributed by atoms with Crippen LogP contribution in [0.3, 0.4) is 0 Å². The van der Waals surface area contributed by atoms with Gasteiger partial charge in [0.2, 0.25) is 5.90 Å². The van der Waals surface area contributed by atoms with Crippen LogP contribution in [0.4, 0.5) is 0 Å².